The van der Waals surface area contributed by atoms with E-state index in [0.717, 1.165) is 5.57 Å². The first-order valence-corrected chi connectivity index (χ1v) is 5.22. The van der Waals surface area contributed by atoms with Crippen LogP contribution < -0.4 is 5.73 Å². The second kappa shape index (κ2) is 5.03. The molecule has 1 rings (SSSR count). The van der Waals surface area contributed by atoms with Gasteiger partial charge in [-0.2, -0.15) is 0 Å². The van der Waals surface area contributed by atoms with Crippen LogP contribution in [0.4, 0.5) is 0 Å². The molecular weight excluding hydrogens is 176 g/mol. The summed E-state index contributed by atoms with van der Waals surface area (Å²) in [5.74, 6) is 0.849. The second-order valence-electron chi connectivity index (χ2n) is 4.04. The highest BCUT2D eigenvalue weighted by molar-refractivity contribution is 5.79. The zero-order chi connectivity index (χ0) is 10.6. The summed E-state index contributed by atoms with van der Waals surface area (Å²) in [6.07, 6.45) is 5.62. The maximum Gasteiger partial charge on any atom is 0.188 e. The normalized spacial score (nSPS) is 19.7. The van der Waals surface area contributed by atoms with Crippen molar-refractivity contribution in [3.8, 4) is 0 Å². The molecule has 80 valence electrons. The van der Waals surface area contributed by atoms with Gasteiger partial charge in [-0.15, -0.1) is 0 Å². The van der Waals surface area contributed by atoms with Gasteiger partial charge in [-0.05, 0) is 25.2 Å². The average Bonchev–Trinajstić information content (AvgIpc) is 2.07. The fraction of sp³-hybridized carbons (Fsp3) is 0.727. The van der Waals surface area contributed by atoms with Crippen molar-refractivity contribution in [2.24, 2.45) is 16.6 Å². The molecule has 1 fully saturated rings. The Balaban J connectivity index is 2.63. The zero-order valence-electron chi connectivity index (χ0n) is 9.29. The molecule has 1 aliphatic rings. The maximum absolute atomic E-state index is 5.73. The van der Waals surface area contributed by atoms with Crippen LogP contribution >= 0.6 is 0 Å². The molecule has 2 N–H and O–H groups in total. The van der Waals surface area contributed by atoms with Crippen molar-refractivity contribution >= 4 is 6.21 Å². The molecule has 3 nitrogen and oxygen atoms in total. The van der Waals surface area contributed by atoms with E-state index in [-0.39, 0.29) is 0 Å². The minimum atomic E-state index is 0.360. The van der Waals surface area contributed by atoms with Gasteiger partial charge >= 0.3 is 0 Å². The van der Waals surface area contributed by atoms with E-state index in [0.29, 0.717) is 17.8 Å². The van der Waals surface area contributed by atoms with Crippen molar-refractivity contribution < 1.29 is 4.74 Å². The SMILES string of the molecule is COC(N)=C(C=NC1CCC1)C(C)C. The predicted molar refractivity (Wildman–Crippen MR) is 59.2 cm³/mol. The Bertz CT molecular complexity index is 240. The highest BCUT2D eigenvalue weighted by Crippen LogP contribution is 2.22. The molecule has 0 unspecified atom stereocenters. The summed E-state index contributed by atoms with van der Waals surface area (Å²) in [4.78, 5) is 4.48. The molecular formula is C11H20N2O. The van der Waals surface area contributed by atoms with Gasteiger partial charge in [0.15, 0.2) is 5.88 Å². The van der Waals surface area contributed by atoms with Crippen LogP contribution in [0.5, 0.6) is 0 Å². The molecule has 1 aliphatic carbocycles. The first kappa shape index (κ1) is 11.1. The molecule has 0 heterocycles. The summed E-state index contributed by atoms with van der Waals surface area (Å²) in [6.45, 7) is 4.18. The molecule has 0 bridgehead atoms. The lowest BCUT2D eigenvalue weighted by Gasteiger charge is -2.21. The fourth-order valence-electron chi connectivity index (χ4n) is 1.34. The van der Waals surface area contributed by atoms with Gasteiger partial charge in [0.05, 0.1) is 7.11 Å². The number of nitrogens with zero attached hydrogens (tertiary/aromatic N) is 1. The van der Waals surface area contributed by atoms with E-state index in [2.05, 4.69) is 18.8 Å². The van der Waals surface area contributed by atoms with E-state index in [9.17, 15) is 0 Å². The summed E-state index contributed by atoms with van der Waals surface area (Å²) in [5, 5.41) is 0. The Labute approximate surface area is 86.0 Å². The van der Waals surface area contributed by atoms with Crippen LogP contribution in [-0.4, -0.2) is 19.4 Å². The smallest absolute Gasteiger partial charge is 0.188 e. The van der Waals surface area contributed by atoms with E-state index in [4.69, 9.17) is 10.5 Å². The molecule has 0 aliphatic heterocycles. The molecule has 14 heavy (non-hydrogen) atoms. The number of methoxy groups -OCH3 is 1. The number of hydrogen-bond acceptors (Lipinski definition) is 3. The number of ether oxygens (including phenoxy) is 1. The Morgan fingerprint density at radius 2 is 2.14 bits per heavy atom. The largest absolute Gasteiger partial charge is 0.482 e. The molecule has 0 aromatic rings. The third-order valence-electron chi connectivity index (χ3n) is 2.63. The van der Waals surface area contributed by atoms with Crippen LogP contribution in [0.2, 0.25) is 0 Å². The molecule has 0 aromatic carbocycles. The van der Waals surface area contributed by atoms with Gasteiger partial charge in [0.25, 0.3) is 0 Å². The summed E-state index contributed by atoms with van der Waals surface area (Å²) in [7, 11) is 1.59. The van der Waals surface area contributed by atoms with Crippen LogP contribution in [-0.2, 0) is 4.74 Å². The molecule has 0 saturated heterocycles. The van der Waals surface area contributed by atoms with E-state index >= 15 is 0 Å². The van der Waals surface area contributed by atoms with Crippen molar-refractivity contribution in [1.29, 1.82) is 0 Å². The Morgan fingerprint density at radius 3 is 2.50 bits per heavy atom. The van der Waals surface area contributed by atoms with E-state index in [1.807, 2.05) is 6.21 Å². The number of allylic oxidation sites excluding steroid dienone is 1. The fourth-order valence-corrected chi connectivity index (χ4v) is 1.34. The standard InChI is InChI=1S/C11H20N2O/c1-8(2)10(11(12)14-3)7-13-9-5-4-6-9/h7-9H,4-6,12H2,1-3H3. The lowest BCUT2D eigenvalue weighted by atomic mass is 9.93. The first-order chi connectivity index (χ1) is 6.65. The Kier molecular flexibility index (Phi) is 3.98. The summed E-state index contributed by atoms with van der Waals surface area (Å²) < 4.78 is 5.02. The minimum absolute atomic E-state index is 0.360. The molecule has 0 atom stereocenters. The molecule has 0 aromatic heterocycles. The first-order valence-electron chi connectivity index (χ1n) is 5.22. The predicted octanol–water partition coefficient (Wildman–Crippen LogP) is 2.08. The van der Waals surface area contributed by atoms with Crippen LogP contribution in [0.3, 0.4) is 0 Å². The van der Waals surface area contributed by atoms with Gasteiger partial charge in [-0.25, -0.2) is 0 Å². The number of nitrogens with two attached hydrogens (primary N) is 1. The number of hydrogen-bond donors (Lipinski definition) is 1. The average molecular weight is 196 g/mol. The van der Waals surface area contributed by atoms with Crippen molar-refractivity contribution in [3.63, 3.8) is 0 Å². The lowest BCUT2D eigenvalue weighted by Crippen LogP contribution is -2.16. The molecule has 1 saturated carbocycles. The number of rotatable bonds is 4. The van der Waals surface area contributed by atoms with Crippen LogP contribution in [0, 0.1) is 5.92 Å². The second-order valence-corrected chi connectivity index (χ2v) is 4.04. The van der Waals surface area contributed by atoms with Crippen molar-refractivity contribution in [1.82, 2.24) is 0 Å². The quantitative estimate of drug-likeness (QED) is 0.553. The van der Waals surface area contributed by atoms with Gasteiger partial charge in [0, 0.05) is 17.8 Å². The lowest BCUT2D eigenvalue weighted by molar-refractivity contribution is 0.281. The van der Waals surface area contributed by atoms with Gasteiger partial charge < -0.3 is 10.5 Å². The molecule has 0 amide bonds. The third kappa shape index (κ3) is 2.76. The zero-order valence-corrected chi connectivity index (χ0v) is 9.29. The van der Waals surface area contributed by atoms with E-state index < -0.39 is 0 Å². The van der Waals surface area contributed by atoms with Crippen LogP contribution in [0.15, 0.2) is 16.4 Å². The topological polar surface area (TPSA) is 47.6 Å². The van der Waals surface area contributed by atoms with Crippen LogP contribution in [0.1, 0.15) is 33.1 Å². The highest BCUT2D eigenvalue weighted by Gasteiger charge is 2.15. The molecule has 0 spiro atoms. The van der Waals surface area contributed by atoms with Crippen molar-refractivity contribution in [2.45, 2.75) is 39.2 Å². The summed E-state index contributed by atoms with van der Waals surface area (Å²) >= 11 is 0. The summed E-state index contributed by atoms with van der Waals surface area (Å²) in [5.41, 5.74) is 6.73. The van der Waals surface area contributed by atoms with Crippen molar-refractivity contribution in [2.75, 3.05) is 7.11 Å². The monoisotopic (exact) mass is 196 g/mol. The molecule has 0 radical (unpaired) electrons. The maximum atomic E-state index is 5.73. The summed E-state index contributed by atoms with van der Waals surface area (Å²) in [6, 6.07) is 0.522. The highest BCUT2D eigenvalue weighted by atomic mass is 16.5. The van der Waals surface area contributed by atoms with Gasteiger partial charge in [-0.3, -0.25) is 4.99 Å². The van der Waals surface area contributed by atoms with Crippen LogP contribution in [0.25, 0.3) is 0 Å². The minimum Gasteiger partial charge on any atom is -0.482 e. The third-order valence-corrected chi connectivity index (χ3v) is 2.63. The van der Waals surface area contributed by atoms with Crippen molar-refractivity contribution in [3.05, 3.63) is 11.5 Å². The van der Waals surface area contributed by atoms with Gasteiger partial charge in [0.1, 0.15) is 0 Å². The molecule has 3 heteroatoms. The Hall–Kier alpha value is -0.990. The number of aliphatic imine (C=N–C) groups is 1. The van der Waals surface area contributed by atoms with Gasteiger partial charge in [0.2, 0.25) is 0 Å². The Morgan fingerprint density at radius 1 is 1.50 bits per heavy atom. The van der Waals surface area contributed by atoms with E-state index in [1.165, 1.54) is 19.3 Å². The van der Waals surface area contributed by atoms with Gasteiger partial charge in [-0.1, -0.05) is 13.8 Å². The van der Waals surface area contributed by atoms with E-state index in [1.54, 1.807) is 7.11 Å².